The van der Waals surface area contributed by atoms with Gasteiger partial charge in [-0.3, -0.25) is 0 Å². The second kappa shape index (κ2) is 4.94. The van der Waals surface area contributed by atoms with Gasteiger partial charge in [-0.2, -0.15) is 17.4 Å². The molecule has 4 nitrogen and oxygen atoms in total. The van der Waals surface area contributed by atoms with Crippen molar-refractivity contribution < 1.29 is 8.42 Å². The molecule has 0 spiro atoms. The van der Waals surface area contributed by atoms with Crippen LogP contribution in [0.2, 0.25) is 5.02 Å². The summed E-state index contributed by atoms with van der Waals surface area (Å²) in [4.78, 5) is 0. The third kappa shape index (κ3) is 3.67. The van der Waals surface area contributed by atoms with Crippen molar-refractivity contribution in [1.29, 1.82) is 0 Å². The number of hydrogen-bond acceptors (Lipinski definition) is 2. The first-order valence-electron chi connectivity index (χ1n) is 5.12. The second-order valence-corrected chi connectivity index (χ2v) is 6.85. The standard InChI is InChI=1S/C11H17ClN2O2S/c1-11(2,13-17(15,16)14(3)4)9-6-5-7-10(12)8-9/h5-8,13H,1-4H3. The first-order valence-corrected chi connectivity index (χ1v) is 6.94. The van der Waals surface area contributed by atoms with Crippen LogP contribution in [0.1, 0.15) is 19.4 Å². The van der Waals surface area contributed by atoms with Crippen LogP contribution < -0.4 is 4.72 Å². The largest absolute Gasteiger partial charge is 0.279 e. The molecule has 0 aliphatic carbocycles. The van der Waals surface area contributed by atoms with Gasteiger partial charge in [0, 0.05) is 19.1 Å². The van der Waals surface area contributed by atoms with E-state index < -0.39 is 15.7 Å². The molecule has 96 valence electrons. The van der Waals surface area contributed by atoms with Crippen LogP contribution >= 0.6 is 11.6 Å². The Morgan fingerprint density at radius 3 is 2.35 bits per heavy atom. The molecule has 0 saturated carbocycles. The number of nitrogens with one attached hydrogen (secondary N) is 1. The van der Waals surface area contributed by atoms with Gasteiger partial charge in [-0.25, -0.2) is 0 Å². The topological polar surface area (TPSA) is 49.4 Å². The highest BCUT2D eigenvalue weighted by molar-refractivity contribution is 7.87. The average Bonchev–Trinajstić information content (AvgIpc) is 2.15. The SMILES string of the molecule is CN(C)S(=O)(=O)NC(C)(C)c1cccc(Cl)c1. The molecular weight excluding hydrogens is 260 g/mol. The summed E-state index contributed by atoms with van der Waals surface area (Å²) in [6.45, 7) is 3.58. The molecule has 0 saturated heterocycles. The quantitative estimate of drug-likeness (QED) is 0.914. The fourth-order valence-electron chi connectivity index (χ4n) is 1.35. The predicted molar refractivity (Wildman–Crippen MR) is 70.2 cm³/mol. The van der Waals surface area contributed by atoms with Crippen LogP contribution in [0.25, 0.3) is 0 Å². The van der Waals surface area contributed by atoms with Crippen LogP contribution in [0.15, 0.2) is 24.3 Å². The Morgan fingerprint density at radius 2 is 1.88 bits per heavy atom. The van der Waals surface area contributed by atoms with Gasteiger partial charge < -0.3 is 0 Å². The van der Waals surface area contributed by atoms with Crippen molar-refractivity contribution in [2.45, 2.75) is 19.4 Å². The molecule has 1 aromatic carbocycles. The van der Waals surface area contributed by atoms with Gasteiger partial charge in [0.2, 0.25) is 0 Å². The van der Waals surface area contributed by atoms with E-state index in [-0.39, 0.29) is 0 Å². The van der Waals surface area contributed by atoms with E-state index >= 15 is 0 Å². The molecule has 0 heterocycles. The molecule has 0 radical (unpaired) electrons. The molecule has 0 aromatic heterocycles. The Labute approximate surface area is 108 Å². The molecule has 0 amide bonds. The van der Waals surface area contributed by atoms with Crippen LogP contribution in [0, 0.1) is 0 Å². The molecule has 1 rings (SSSR count). The molecular formula is C11H17ClN2O2S. The zero-order valence-electron chi connectivity index (χ0n) is 10.4. The number of nitrogens with zero attached hydrogens (tertiary/aromatic N) is 1. The summed E-state index contributed by atoms with van der Waals surface area (Å²) in [6.07, 6.45) is 0. The third-order valence-corrected chi connectivity index (χ3v) is 4.38. The second-order valence-electron chi connectivity index (χ2n) is 4.52. The normalized spacial score (nSPS) is 13.1. The maximum absolute atomic E-state index is 11.8. The Morgan fingerprint density at radius 1 is 1.29 bits per heavy atom. The highest BCUT2D eigenvalue weighted by Gasteiger charge is 2.28. The van der Waals surface area contributed by atoms with Gasteiger partial charge >= 0.3 is 0 Å². The van der Waals surface area contributed by atoms with Crippen molar-refractivity contribution in [3.05, 3.63) is 34.9 Å². The van der Waals surface area contributed by atoms with Gasteiger partial charge in [0.15, 0.2) is 0 Å². The first-order chi connectivity index (χ1) is 7.65. The lowest BCUT2D eigenvalue weighted by atomic mass is 9.96. The molecule has 6 heteroatoms. The predicted octanol–water partition coefficient (Wildman–Crippen LogP) is 1.97. The van der Waals surface area contributed by atoms with Gasteiger partial charge in [-0.1, -0.05) is 23.7 Å². The Kier molecular flexibility index (Phi) is 4.19. The smallest absolute Gasteiger partial charge is 0.195 e. The molecule has 1 aromatic rings. The summed E-state index contributed by atoms with van der Waals surface area (Å²) in [5.41, 5.74) is 0.101. The molecule has 17 heavy (non-hydrogen) atoms. The van der Waals surface area contributed by atoms with Crippen LogP contribution in [-0.2, 0) is 15.7 Å². The summed E-state index contributed by atoms with van der Waals surface area (Å²) >= 11 is 5.90. The van der Waals surface area contributed by atoms with E-state index in [4.69, 9.17) is 11.6 Å². The number of halogens is 1. The van der Waals surface area contributed by atoms with E-state index in [0.717, 1.165) is 9.87 Å². The zero-order chi connectivity index (χ0) is 13.3. The number of rotatable bonds is 4. The summed E-state index contributed by atoms with van der Waals surface area (Å²) in [7, 11) is -0.512. The third-order valence-electron chi connectivity index (χ3n) is 2.41. The molecule has 0 bridgehead atoms. The minimum Gasteiger partial charge on any atom is -0.195 e. The fraction of sp³-hybridized carbons (Fsp3) is 0.455. The van der Waals surface area contributed by atoms with E-state index in [0.29, 0.717) is 5.02 Å². The van der Waals surface area contributed by atoms with E-state index in [1.807, 2.05) is 6.07 Å². The first kappa shape index (κ1) is 14.4. The van der Waals surface area contributed by atoms with Crippen LogP contribution in [0.3, 0.4) is 0 Å². The average molecular weight is 277 g/mol. The maximum Gasteiger partial charge on any atom is 0.279 e. The minimum atomic E-state index is -3.48. The lowest BCUT2D eigenvalue weighted by molar-refractivity contribution is 0.437. The van der Waals surface area contributed by atoms with Gasteiger partial charge in [-0.15, -0.1) is 0 Å². The highest BCUT2D eigenvalue weighted by atomic mass is 35.5. The fourth-order valence-corrected chi connectivity index (χ4v) is 2.49. The van der Waals surface area contributed by atoms with Gasteiger partial charge in [0.25, 0.3) is 10.2 Å². The van der Waals surface area contributed by atoms with Crippen molar-refractivity contribution in [3.8, 4) is 0 Å². The maximum atomic E-state index is 11.8. The molecule has 0 aliphatic rings. The summed E-state index contributed by atoms with van der Waals surface area (Å²) < 4.78 is 27.3. The summed E-state index contributed by atoms with van der Waals surface area (Å²) in [5, 5.41) is 0.583. The Balaban J connectivity index is 3.05. The van der Waals surface area contributed by atoms with E-state index in [1.54, 1.807) is 32.0 Å². The summed E-state index contributed by atoms with van der Waals surface area (Å²) in [5.74, 6) is 0. The van der Waals surface area contributed by atoms with Crippen molar-refractivity contribution in [1.82, 2.24) is 9.03 Å². The molecule has 0 fully saturated rings. The van der Waals surface area contributed by atoms with E-state index in [2.05, 4.69) is 4.72 Å². The molecule has 0 aliphatic heterocycles. The number of benzene rings is 1. The van der Waals surface area contributed by atoms with Crippen LogP contribution in [-0.4, -0.2) is 26.8 Å². The van der Waals surface area contributed by atoms with E-state index in [1.165, 1.54) is 14.1 Å². The van der Waals surface area contributed by atoms with Crippen molar-refractivity contribution >= 4 is 21.8 Å². The van der Waals surface area contributed by atoms with Gasteiger partial charge in [-0.05, 0) is 31.5 Å². The van der Waals surface area contributed by atoms with Crippen molar-refractivity contribution in [2.75, 3.05) is 14.1 Å². The minimum absolute atomic E-state index is 0.583. The molecule has 0 atom stereocenters. The zero-order valence-corrected chi connectivity index (χ0v) is 11.9. The van der Waals surface area contributed by atoms with E-state index in [9.17, 15) is 8.42 Å². The molecule has 1 N–H and O–H groups in total. The van der Waals surface area contributed by atoms with Crippen molar-refractivity contribution in [3.63, 3.8) is 0 Å². The Bertz CT molecular complexity index is 498. The Hall–Kier alpha value is -0.620. The van der Waals surface area contributed by atoms with Crippen molar-refractivity contribution in [2.24, 2.45) is 0 Å². The van der Waals surface area contributed by atoms with Crippen LogP contribution in [0.4, 0.5) is 0 Å². The number of hydrogen-bond donors (Lipinski definition) is 1. The van der Waals surface area contributed by atoms with Crippen LogP contribution in [0.5, 0.6) is 0 Å². The monoisotopic (exact) mass is 276 g/mol. The van der Waals surface area contributed by atoms with Gasteiger partial charge in [0.05, 0.1) is 5.54 Å². The lowest BCUT2D eigenvalue weighted by Crippen LogP contribution is -2.46. The summed E-state index contributed by atoms with van der Waals surface area (Å²) in [6, 6.07) is 7.13. The van der Waals surface area contributed by atoms with Gasteiger partial charge in [0.1, 0.15) is 0 Å². The molecule has 0 unspecified atom stereocenters. The lowest BCUT2D eigenvalue weighted by Gasteiger charge is -2.28. The highest BCUT2D eigenvalue weighted by Crippen LogP contribution is 2.24.